The molecule has 0 saturated heterocycles. The molecule has 3 N–H and O–H groups in total. The van der Waals surface area contributed by atoms with E-state index in [0.29, 0.717) is 19.1 Å². The van der Waals surface area contributed by atoms with Gasteiger partial charge in [0.15, 0.2) is 11.5 Å². The van der Waals surface area contributed by atoms with Crippen LogP contribution < -0.4 is 20.7 Å². The van der Waals surface area contributed by atoms with Crippen molar-refractivity contribution >= 4 is 0 Å². The first-order valence-corrected chi connectivity index (χ1v) is 6.55. The molecule has 2 atom stereocenters. The van der Waals surface area contributed by atoms with Crippen LogP contribution in [0.5, 0.6) is 11.5 Å². The lowest BCUT2D eigenvalue weighted by Gasteiger charge is -2.29. The molecule has 106 valence electrons. The quantitative estimate of drug-likeness (QED) is 0.626. The molecule has 1 aromatic carbocycles. The van der Waals surface area contributed by atoms with E-state index in [1.165, 1.54) is 0 Å². The summed E-state index contributed by atoms with van der Waals surface area (Å²) in [4.78, 5) is 0. The smallest absolute Gasteiger partial charge is 0.161 e. The van der Waals surface area contributed by atoms with Crippen LogP contribution in [0.1, 0.15) is 25.5 Å². The summed E-state index contributed by atoms with van der Waals surface area (Å²) in [5.41, 5.74) is 3.87. The number of benzene rings is 1. The van der Waals surface area contributed by atoms with E-state index in [1.54, 1.807) is 7.11 Å². The maximum Gasteiger partial charge on any atom is 0.161 e. The van der Waals surface area contributed by atoms with Crippen molar-refractivity contribution in [2.24, 2.45) is 11.8 Å². The van der Waals surface area contributed by atoms with Crippen molar-refractivity contribution in [2.75, 3.05) is 20.3 Å². The SMILES string of the molecule is COC(C(C)C)C(NN)c1ccc2c(c1)OCCO2. The highest BCUT2D eigenvalue weighted by molar-refractivity contribution is 5.44. The summed E-state index contributed by atoms with van der Waals surface area (Å²) in [6, 6.07) is 5.79. The summed E-state index contributed by atoms with van der Waals surface area (Å²) in [6.45, 7) is 5.39. The molecule has 19 heavy (non-hydrogen) atoms. The Hall–Kier alpha value is -1.30. The summed E-state index contributed by atoms with van der Waals surface area (Å²) in [5.74, 6) is 7.59. The molecule has 0 fully saturated rings. The molecule has 0 radical (unpaired) electrons. The van der Waals surface area contributed by atoms with Crippen molar-refractivity contribution in [1.82, 2.24) is 5.43 Å². The molecule has 0 spiro atoms. The van der Waals surface area contributed by atoms with Crippen LogP contribution in [-0.2, 0) is 4.74 Å². The highest BCUT2D eigenvalue weighted by Crippen LogP contribution is 2.34. The Labute approximate surface area is 114 Å². The number of hydrazine groups is 1. The largest absolute Gasteiger partial charge is 0.486 e. The molecule has 0 aromatic heterocycles. The molecule has 1 aliphatic heterocycles. The van der Waals surface area contributed by atoms with E-state index in [9.17, 15) is 0 Å². The molecule has 2 rings (SSSR count). The van der Waals surface area contributed by atoms with Crippen molar-refractivity contribution in [3.8, 4) is 11.5 Å². The molecule has 0 bridgehead atoms. The van der Waals surface area contributed by atoms with Crippen LogP contribution in [0.2, 0.25) is 0 Å². The molecule has 1 heterocycles. The van der Waals surface area contributed by atoms with Crippen LogP contribution >= 0.6 is 0 Å². The first-order valence-electron chi connectivity index (χ1n) is 6.55. The Morgan fingerprint density at radius 1 is 1.21 bits per heavy atom. The van der Waals surface area contributed by atoms with Crippen LogP contribution in [0.15, 0.2) is 18.2 Å². The van der Waals surface area contributed by atoms with E-state index in [-0.39, 0.29) is 12.1 Å². The third kappa shape index (κ3) is 3.00. The molecule has 5 nitrogen and oxygen atoms in total. The zero-order valence-electron chi connectivity index (χ0n) is 11.7. The van der Waals surface area contributed by atoms with E-state index in [2.05, 4.69) is 19.3 Å². The fraction of sp³-hybridized carbons (Fsp3) is 0.571. The maximum atomic E-state index is 5.69. The van der Waals surface area contributed by atoms with Crippen LogP contribution in [0.25, 0.3) is 0 Å². The van der Waals surface area contributed by atoms with E-state index in [4.69, 9.17) is 20.1 Å². The van der Waals surface area contributed by atoms with E-state index in [0.717, 1.165) is 17.1 Å². The van der Waals surface area contributed by atoms with Crippen molar-refractivity contribution in [1.29, 1.82) is 0 Å². The second kappa shape index (κ2) is 6.23. The van der Waals surface area contributed by atoms with Gasteiger partial charge >= 0.3 is 0 Å². The number of fused-ring (bicyclic) bond motifs is 1. The Balaban J connectivity index is 2.27. The van der Waals surface area contributed by atoms with Crippen LogP contribution in [0.3, 0.4) is 0 Å². The summed E-state index contributed by atoms with van der Waals surface area (Å²) in [7, 11) is 1.70. The second-order valence-electron chi connectivity index (χ2n) is 4.99. The van der Waals surface area contributed by atoms with E-state index >= 15 is 0 Å². The normalized spacial score (nSPS) is 17.3. The minimum absolute atomic E-state index is 0.00689. The van der Waals surface area contributed by atoms with Crippen LogP contribution in [0, 0.1) is 5.92 Å². The Morgan fingerprint density at radius 2 is 1.89 bits per heavy atom. The Morgan fingerprint density at radius 3 is 2.47 bits per heavy atom. The van der Waals surface area contributed by atoms with Gasteiger partial charge in [0, 0.05) is 7.11 Å². The fourth-order valence-corrected chi connectivity index (χ4v) is 2.43. The van der Waals surface area contributed by atoms with Gasteiger partial charge in [-0.15, -0.1) is 0 Å². The van der Waals surface area contributed by atoms with Gasteiger partial charge < -0.3 is 14.2 Å². The van der Waals surface area contributed by atoms with Gasteiger partial charge in [0.05, 0.1) is 12.1 Å². The summed E-state index contributed by atoms with van der Waals surface area (Å²) >= 11 is 0. The van der Waals surface area contributed by atoms with Gasteiger partial charge in [-0.2, -0.15) is 0 Å². The lowest BCUT2D eigenvalue weighted by atomic mass is 9.93. The van der Waals surface area contributed by atoms with Crippen molar-refractivity contribution in [3.05, 3.63) is 23.8 Å². The predicted molar refractivity (Wildman–Crippen MR) is 73.1 cm³/mol. The Kier molecular flexibility index (Phi) is 4.63. The maximum absolute atomic E-state index is 5.69. The highest BCUT2D eigenvalue weighted by Gasteiger charge is 2.26. The first-order chi connectivity index (χ1) is 9.17. The third-order valence-electron chi connectivity index (χ3n) is 3.36. The third-order valence-corrected chi connectivity index (χ3v) is 3.36. The number of methoxy groups -OCH3 is 1. The molecular formula is C14H22N2O3. The van der Waals surface area contributed by atoms with Crippen molar-refractivity contribution < 1.29 is 14.2 Å². The first kappa shape index (κ1) is 14.1. The van der Waals surface area contributed by atoms with Gasteiger partial charge in [0.25, 0.3) is 0 Å². The molecule has 0 amide bonds. The average molecular weight is 266 g/mol. The van der Waals surface area contributed by atoms with Gasteiger partial charge in [0.2, 0.25) is 0 Å². The van der Waals surface area contributed by atoms with Gasteiger partial charge in [-0.05, 0) is 23.6 Å². The van der Waals surface area contributed by atoms with Crippen LogP contribution in [0.4, 0.5) is 0 Å². The lowest BCUT2D eigenvalue weighted by Crippen LogP contribution is -2.40. The number of hydrogen-bond acceptors (Lipinski definition) is 5. The van der Waals surface area contributed by atoms with E-state index < -0.39 is 0 Å². The molecule has 5 heteroatoms. The second-order valence-corrected chi connectivity index (χ2v) is 4.99. The fourth-order valence-electron chi connectivity index (χ4n) is 2.43. The minimum Gasteiger partial charge on any atom is -0.486 e. The summed E-state index contributed by atoms with van der Waals surface area (Å²) in [6.07, 6.45) is -0.00689. The predicted octanol–water partition coefficient (Wildman–Crippen LogP) is 1.63. The minimum atomic E-state index is -0.0826. The molecule has 1 aromatic rings. The molecule has 1 aliphatic rings. The van der Waals surface area contributed by atoms with Crippen molar-refractivity contribution in [2.45, 2.75) is 26.0 Å². The van der Waals surface area contributed by atoms with Gasteiger partial charge in [-0.1, -0.05) is 19.9 Å². The lowest BCUT2D eigenvalue weighted by molar-refractivity contribution is 0.0325. The number of hydrogen-bond donors (Lipinski definition) is 2. The van der Waals surface area contributed by atoms with E-state index in [1.807, 2.05) is 18.2 Å². The highest BCUT2D eigenvalue weighted by atomic mass is 16.6. The zero-order valence-corrected chi connectivity index (χ0v) is 11.7. The average Bonchev–Trinajstić information content (AvgIpc) is 2.43. The topological polar surface area (TPSA) is 65.7 Å². The van der Waals surface area contributed by atoms with Gasteiger partial charge in [-0.3, -0.25) is 11.3 Å². The summed E-state index contributed by atoms with van der Waals surface area (Å²) in [5, 5.41) is 0. The standard InChI is InChI=1S/C14H22N2O3/c1-9(2)14(17-3)13(16-15)10-4-5-11-12(8-10)19-7-6-18-11/h4-5,8-9,13-14,16H,6-7,15H2,1-3H3. The monoisotopic (exact) mass is 266 g/mol. The number of nitrogens with two attached hydrogens (primary N) is 1. The molecular weight excluding hydrogens is 244 g/mol. The molecule has 0 saturated carbocycles. The zero-order chi connectivity index (χ0) is 13.8. The number of ether oxygens (including phenoxy) is 3. The molecule has 0 aliphatic carbocycles. The van der Waals surface area contributed by atoms with Gasteiger partial charge in [-0.25, -0.2) is 0 Å². The molecule has 2 unspecified atom stereocenters. The summed E-state index contributed by atoms with van der Waals surface area (Å²) < 4.78 is 16.7. The van der Waals surface area contributed by atoms with Gasteiger partial charge in [0.1, 0.15) is 13.2 Å². The Bertz CT molecular complexity index is 423. The number of rotatable bonds is 5. The van der Waals surface area contributed by atoms with Crippen molar-refractivity contribution in [3.63, 3.8) is 0 Å². The number of nitrogens with one attached hydrogen (secondary N) is 1. The van der Waals surface area contributed by atoms with Crippen LogP contribution in [-0.4, -0.2) is 26.4 Å².